The molecule has 1 spiro atoms. The molecule has 1 saturated carbocycles. The van der Waals surface area contributed by atoms with Gasteiger partial charge >= 0.3 is 0 Å². The topological polar surface area (TPSA) is 24.4 Å². The van der Waals surface area contributed by atoms with Gasteiger partial charge in [0, 0.05) is 16.3 Å². The summed E-state index contributed by atoms with van der Waals surface area (Å²) in [5.74, 6) is 1.17. The van der Waals surface area contributed by atoms with Gasteiger partial charge in [0.1, 0.15) is 0 Å². The number of thioether (sulfide) groups is 1. The molecule has 1 saturated heterocycles. The molecule has 1 aromatic carbocycles. The normalized spacial score (nSPS) is 24.8. The Morgan fingerprint density at radius 2 is 2.16 bits per heavy atom. The van der Waals surface area contributed by atoms with Crippen molar-refractivity contribution in [1.82, 2.24) is 5.32 Å². The third-order valence-corrected chi connectivity index (χ3v) is 5.47. The van der Waals surface area contributed by atoms with E-state index in [4.69, 9.17) is 16.6 Å². The second-order valence-corrected chi connectivity index (χ2v) is 6.97. The number of nitrogens with zero attached hydrogens (tertiary/aromatic N) is 1. The Morgan fingerprint density at radius 3 is 2.89 bits per heavy atom. The molecule has 3 rings (SSSR count). The number of amidine groups is 1. The van der Waals surface area contributed by atoms with E-state index < -0.39 is 0 Å². The number of benzene rings is 1. The van der Waals surface area contributed by atoms with Crippen LogP contribution in [-0.4, -0.2) is 16.5 Å². The lowest BCUT2D eigenvalue weighted by atomic mass is 10.0. The van der Waals surface area contributed by atoms with Gasteiger partial charge in [-0.2, -0.15) is 0 Å². The van der Waals surface area contributed by atoms with Crippen molar-refractivity contribution in [1.29, 1.82) is 0 Å². The van der Waals surface area contributed by atoms with Gasteiger partial charge in [-0.1, -0.05) is 48.3 Å². The van der Waals surface area contributed by atoms with Crippen LogP contribution < -0.4 is 5.32 Å². The minimum atomic E-state index is 0.158. The lowest BCUT2D eigenvalue weighted by Crippen LogP contribution is -2.40. The molecule has 1 unspecified atom stereocenters. The van der Waals surface area contributed by atoms with Gasteiger partial charge in [-0.3, -0.25) is 4.99 Å². The molecule has 1 aliphatic heterocycles. The maximum absolute atomic E-state index is 6.03. The first-order chi connectivity index (χ1) is 9.17. The van der Waals surface area contributed by atoms with E-state index in [0.29, 0.717) is 5.54 Å². The van der Waals surface area contributed by atoms with Crippen LogP contribution in [0.1, 0.15) is 44.2 Å². The quantitative estimate of drug-likeness (QED) is 0.874. The average Bonchev–Trinajstić information content (AvgIpc) is 3.00. The van der Waals surface area contributed by atoms with Gasteiger partial charge in [-0.05, 0) is 37.5 Å². The minimum Gasteiger partial charge on any atom is -0.359 e. The van der Waals surface area contributed by atoms with Crippen LogP contribution in [0.25, 0.3) is 0 Å². The van der Waals surface area contributed by atoms with Gasteiger partial charge in [0.15, 0.2) is 5.17 Å². The molecule has 1 aliphatic carbocycles. The SMILES string of the molecule is CC(N=C1NC2(CCCC2)CS1)c1cccc(Cl)c1. The van der Waals surface area contributed by atoms with Gasteiger partial charge in [0.2, 0.25) is 0 Å². The van der Waals surface area contributed by atoms with E-state index in [9.17, 15) is 0 Å². The van der Waals surface area contributed by atoms with Crippen molar-refractivity contribution in [2.45, 2.75) is 44.2 Å². The molecule has 0 amide bonds. The van der Waals surface area contributed by atoms with Gasteiger partial charge < -0.3 is 5.32 Å². The number of hydrogen-bond acceptors (Lipinski definition) is 2. The van der Waals surface area contributed by atoms with E-state index in [1.807, 2.05) is 30.0 Å². The molecule has 2 fully saturated rings. The summed E-state index contributed by atoms with van der Waals surface area (Å²) in [7, 11) is 0. The van der Waals surface area contributed by atoms with Crippen molar-refractivity contribution in [3.63, 3.8) is 0 Å². The first-order valence-corrected chi connectivity index (χ1v) is 8.28. The number of nitrogens with one attached hydrogen (secondary N) is 1. The van der Waals surface area contributed by atoms with E-state index in [0.717, 1.165) is 10.2 Å². The highest BCUT2D eigenvalue weighted by atomic mass is 35.5. The number of hydrogen-bond donors (Lipinski definition) is 1. The van der Waals surface area contributed by atoms with Crippen LogP contribution in [0.5, 0.6) is 0 Å². The van der Waals surface area contributed by atoms with E-state index in [2.05, 4.69) is 18.3 Å². The first kappa shape index (κ1) is 13.3. The zero-order valence-corrected chi connectivity index (χ0v) is 12.7. The molecule has 102 valence electrons. The molecule has 1 heterocycles. The Bertz CT molecular complexity index is 495. The van der Waals surface area contributed by atoms with Crippen molar-refractivity contribution < 1.29 is 0 Å². The second-order valence-electron chi connectivity index (χ2n) is 5.57. The molecule has 0 bridgehead atoms. The Balaban J connectivity index is 1.72. The maximum Gasteiger partial charge on any atom is 0.157 e. The fraction of sp³-hybridized carbons (Fsp3) is 0.533. The summed E-state index contributed by atoms with van der Waals surface area (Å²) < 4.78 is 0. The highest BCUT2D eigenvalue weighted by Crippen LogP contribution is 2.38. The minimum absolute atomic E-state index is 0.158. The number of rotatable bonds is 2. The maximum atomic E-state index is 6.03. The van der Waals surface area contributed by atoms with Crippen LogP contribution in [0.15, 0.2) is 29.3 Å². The number of aliphatic imine (C=N–C) groups is 1. The molecule has 2 aliphatic rings. The largest absolute Gasteiger partial charge is 0.359 e. The third-order valence-electron chi connectivity index (χ3n) is 4.06. The Morgan fingerprint density at radius 1 is 1.37 bits per heavy atom. The molecule has 4 heteroatoms. The smallest absolute Gasteiger partial charge is 0.157 e. The monoisotopic (exact) mass is 294 g/mol. The molecular formula is C15H19ClN2S. The van der Waals surface area contributed by atoms with Crippen LogP contribution in [0.2, 0.25) is 5.02 Å². The van der Waals surface area contributed by atoms with Crippen molar-refractivity contribution in [3.8, 4) is 0 Å². The van der Waals surface area contributed by atoms with E-state index >= 15 is 0 Å². The molecule has 19 heavy (non-hydrogen) atoms. The van der Waals surface area contributed by atoms with Gasteiger partial charge in [0.05, 0.1) is 6.04 Å². The fourth-order valence-corrected chi connectivity index (χ4v) is 4.41. The predicted octanol–water partition coefficient (Wildman–Crippen LogP) is 4.41. The zero-order valence-electron chi connectivity index (χ0n) is 11.2. The average molecular weight is 295 g/mol. The highest BCUT2D eigenvalue weighted by molar-refractivity contribution is 8.14. The van der Waals surface area contributed by atoms with E-state index in [-0.39, 0.29) is 6.04 Å². The summed E-state index contributed by atoms with van der Waals surface area (Å²) in [5, 5.41) is 5.55. The molecule has 0 aromatic heterocycles. The predicted molar refractivity (Wildman–Crippen MR) is 84.1 cm³/mol. The van der Waals surface area contributed by atoms with Crippen molar-refractivity contribution in [3.05, 3.63) is 34.9 Å². The Hall–Kier alpha value is -0.670. The van der Waals surface area contributed by atoms with E-state index in [1.165, 1.54) is 37.0 Å². The summed E-state index contributed by atoms with van der Waals surface area (Å²) in [4.78, 5) is 4.82. The highest BCUT2D eigenvalue weighted by Gasteiger charge is 2.39. The second kappa shape index (κ2) is 5.37. The summed E-state index contributed by atoms with van der Waals surface area (Å²) in [5.41, 5.74) is 1.52. The van der Waals surface area contributed by atoms with Crippen LogP contribution >= 0.6 is 23.4 Å². The number of halogens is 1. The van der Waals surface area contributed by atoms with Crippen molar-refractivity contribution in [2.24, 2.45) is 4.99 Å². The standard InChI is InChI=1S/C15H19ClN2S/c1-11(12-5-4-6-13(16)9-12)17-14-18-15(10-19-14)7-2-3-8-15/h4-6,9,11H,2-3,7-8,10H2,1H3,(H,17,18). The molecule has 1 atom stereocenters. The molecule has 0 radical (unpaired) electrons. The molecule has 2 nitrogen and oxygen atoms in total. The molecule has 1 N–H and O–H groups in total. The first-order valence-electron chi connectivity index (χ1n) is 6.91. The molecule has 1 aromatic rings. The summed E-state index contributed by atoms with van der Waals surface area (Å²) in [6.07, 6.45) is 5.30. The lowest BCUT2D eigenvalue weighted by Gasteiger charge is -2.22. The molecular weight excluding hydrogens is 276 g/mol. The third kappa shape index (κ3) is 2.92. The Labute approximate surface area is 124 Å². The fourth-order valence-electron chi connectivity index (χ4n) is 2.91. The van der Waals surface area contributed by atoms with Crippen LogP contribution in [0.4, 0.5) is 0 Å². The van der Waals surface area contributed by atoms with Crippen molar-refractivity contribution in [2.75, 3.05) is 5.75 Å². The van der Waals surface area contributed by atoms with Gasteiger partial charge in [-0.15, -0.1) is 0 Å². The summed E-state index contributed by atoms with van der Waals surface area (Å²) in [6, 6.07) is 8.14. The lowest BCUT2D eigenvalue weighted by molar-refractivity contribution is 0.452. The summed E-state index contributed by atoms with van der Waals surface area (Å²) >= 11 is 7.91. The van der Waals surface area contributed by atoms with Crippen LogP contribution in [-0.2, 0) is 0 Å². The van der Waals surface area contributed by atoms with Crippen molar-refractivity contribution >= 4 is 28.5 Å². The van der Waals surface area contributed by atoms with E-state index in [1.54, 1.807) is 0 Å². The van der Waals surface area contributed by atoms with Gasteiger partial charge in [-0.25, -0.2) is 0 Å². The van der Waals surface area contributed by atoms with Gasteiger partial charge in [0.25, 0.3) is 0 Å². The van der Waals surface area contributed by atoms with Crippen LogP contribution in [0.3, 0.4) is 0 Å². The Kier molecular flexibility index (Phi) is 3.77. The summed E-state index contributed by atoms with van der Waals surface area (Å²) in [6.45, 7) is 2.13. The zero-order chi connectivity index (χ0) is 13.3. The van der Waals surface area contributed by atoms with Crippen LogP contribution in [0, 0.1) is 0 Å².